The van der Waals surface area contributed by atoms with Crippen molar-refractivity contribution in [3.8, 4) is 11.8 Å². The number of amides is 1. The molecular formula is C19H19N3O2. The predicted molar refractivity (Wildman–Crippen MR) is 91.7 cm³/mol. The SMILES string of the molecule is CCCN1C(=O)c2ccccc2N[C@@H]1c1ccc(OCC#N)cc1. The molecule has 5 nitrogen and oxygen atoms in total. The molecule has 24 heavy (non-hydrogen) atoms. The second-order valence-corrected chi connectivity index (χ2v) is 5.61. The van der Waals surface area contributed by atoms with Gasteiger partial charge in [-0.2, -0.15) is 5.26 Å². The Morgan fingerprint density at radius 2 is 1.96 bits per heavy atom. The zero-order chi connectivity index (χ0) is 16.9. The number of nitrogens with zero attached hydrogens (tertiary/aromatic N) is 2. The molecule has 1 heterocycles. The number of benzene rings is 2. The van der Waals surface area contributed by atoms with Crippen molar-refractivity contribution >= 4 is 11.6 Å². The third-order valence-electron chi connectivity index (χ3n) is 3.99. The Morgan fingerprint density at radius 1 is 1.21 bits per heavy atom. The molecule has 0 fully saturated rings. The van der Waals surface area contributed by atoms with Gasteiger partial charge in [0.2, 0.25) is 0 Å². The highest BCUT2D eigenvalue weighted by atomic mass is 16.5. The molecule has 0 bridgehead atoms. The van der Waals surface area contributed by atoms with Crippen LogP contribution in [0.3, 0.4) is 0 Å². The van der Waals surface area contributed by atoms with Crippen molar-refractivity contribution in [1.82, 2.24) is 4.90 Å². The van der Waals surface area contributed by atoms with Crippen molar-refractivity contribution in [1.29, 1.82) is 5.26 Å². The maximum absolute atomic E-state index is 12.8. The number of anilines is 1. The van der Waals surface area contributed by atoms with Gasteiger partial charge in [0.25, 0.3) is 5.91 Å². The molecule has 0 radical (unpaired) electrons. The lowest BCUT2D eigenvalue weighted by atomic mass is 10.0. The van der Waals surface area contributed by atoms with Crippen LogP contribution in [0.25, 0.3) is 0 Å². The van der Waals surface area contributed by atoms with Gasteiger partial charge in [-0.05, 0) is 36.2 Å². The van der Waals surface area contributed by atoms with E-state index >= 15 is 0 Å². The quantitative estimate of drug-likeness (QED) is 0.914. The summed E-state index contributed by atoms with van der Waals surface area (Å²) in [5.41, 5.74) is 2.54. The molecule has 5 heteroatoms. The average molecular weight is 321 g/mol. The van der Waals surface area contributed by atoms with Gasteiger partial charge in [0.15, 0.2) is 6.61 Å². The lowest BCUT2D eigenvalue weighted by molar-refractivity contribution is 0.0683. The zero-order valence-electron chi connectivity index (χ0n) is 13.5. The van der Waals surface area contributed by atoms with E-state index in [1.165, 1.54) is 0 Å². The monoisotopic (exact) mass is 321 g/mol. The summed E-state index contributed by atoms with van der Waals surface area (Å²) < 4.78 is 5.29. The number of carbonyl (C=O) groups is 1. The fourth-order valence-electron chi connectivity index (χ4n) is 2.89. The first kappa shape index (κ1) is 15.9. The molecule has 1 aliphatic heterocycles. The van der Waals surface area contributed by atoms with Crippen LogP contribution < -0.4 is 10.1 Å². The predicted octanol–water partition coefficient (Wildman–Crippen LogP) is 3.57. The van der Waals surface area contributed by atoms with Crippen molar-refractivity contribution in [3.63, 3.8) is 0 Å². The molecule has 1 atom stereocenters. The molecule has 0 saturated carbocycles. The first-order valence-electron chi connectivity index (χ1n) is 8.01. The highest BCUT2D eigenvalue weighted by molar-refractivity contribution is 6.01. The minimum Gasteiger partial charge on any atom is -0.479 e. The molecule has 0 aromatic heterocycles. The number of para-hydroxylation sites is 1. The summed E-state index contributed by atoms with van der Waals surface area (Å²) in [5, 5.41) is 12.0. The van der Waals surface area contributed by atoms with Crippen LogP contribution in [0, 0.1) is 11.3 Å². The molecule has 0 aliphatic carbocycles. The van der Waals surface area contributed by atoms with Gasteiger partial charge in [0, 0.05) is 12.2 Å². The summed E-state index contributed by atoms with van der Waals surface area (Å²) in [7, 11) is 0. The van der Waals surface area contributed by atoms with Crippen LogP contribution in [0.5, 0.6) is 5.75 Å². The minimum atomic E-state index is -0.211. The van der Waals surface area contributed by atoms with E-state index in [1.54, 1.807) is 0 Å². The third-order valence-corrected chi connectivity index (χ3v) is 3.99. The molecule has 0 unspecified atom stereocenters. The van der Waals surface area contributed by atoms with Crippen LogP contribution in [0.2, 0.25) is 0 Å². The second-order valence-electron chi connectivity index (χ2n) is 5.61. The first-order valence-corrected chi connectivity index (χ1v) is 8.01. The zero-order valence-corrected chi connectivity index (χ0v) is 13.5. The smallest absolute Gasteiger partial charge is 0.257 e. The van der Waals surface area contributed by atoms with Gasteiger partial charge in [0.05, 0.1) is 5.56 Å². The van der Waals surface area contributed by atoms with E-state index in [1.807, 2.05) is 59.5 Å². The summed E-state index contributed by atoms with van der Waals surface area (Å²) in [5.74, 6) is 0.686. The van der Waals surface area contributed by atoms with Crippen LogP contribution >= 0.6 is 0 Å². The summed E-state index contributed by atoms with van der Waals surface area (Å²) in [6.45, 7) is 2.76. The average Bonchev–Trinajstić information content (AvgIpc) is 2.63. The number of hydrogen-bond acceptors (Lipinski definition) is 4. The minimum absolute atomic E-state index is 0.0227. The topological polar surface area (TPSA) is 65.4 Å². The fraction of sp³-hybridized carbons (Fsp3) is 0.263. The Kier molecular flexibility index (Phi) is 4.66. The summed E-state index contributed by atoms with van der Waals surface area (Å²) in [4.78, 5) is 14.7. The van der Waals surface area contributed by atoms with E-state index in [-0.39, 0.29) is 18.7 Å². The highest BCUT2D eigenvalue weighted by Gasteiger charge is 2.31. The Morgan fingerprint density at radius 3 is 2.67 bits per heavy atom. The van der Waals surface area contributed by atoms with E-state index < -0.39 is 0 Å². The van der Waals surface area contributed by atoms with Crippen molar-refractivity contribution in [2.45, 2.75) is 19.5 Å². The molecular weight excluding hydrogens is 302 g/mol. The molecule has 1 N–H and O–H groups in total. The van der Waals surface area contributed by atoms with Crippen molar-refractivity contribution in [3.05, 3.63) is 59.7 Å². The van der Waals surface area contributed by atoms with Crippen molar-refractivity contribution in [2.24, 2.45) is 0 Å². The summed E-state index contributed by atoms with van der Waals surface area (Å²) in [6, 6.07) is 17.0. The Bertz CT molecular complexity index is 765. The van der Waals surface area contributed by atoms with E-state index in [2.05, 4.69) is 12.2 Å². The standard InChI is InChI=1S/C19H19N3O2/c1-2-12-22-18(14-7-9-15(10-8-14)24-13-11-20)21-17-6-4-3-5-16(17)19(22)23/h3-10,18,21H,2,12-13H2,1H3/t18-/m0/s1. The number of fused-ring (bicyclic) bond motifs is 1. The maximum Gasteiger partial charge on any atom is 0.257 e. The largest absolute Gasteiger partial charge is 0.479 e. The van der Waals surface area contributed by atoms with Crippen LogP contribution in [0.1, 0.15) is 35.4 Å². The summed E-state index contributed by atoms with van der Waals surface area (Å²) >= 11 is 0. The number of rotatable bonds is 5. The number of nitriles is 1. The molecule has 2 aromatic rings. The number of nitrogens with one attached hydrogen (secondary N) is 1. The van der Waals surface area contributed by atoms with E-state index in [0.29, 0.717) is 17.9 Å². The second kappa shape index (κ2) is 7.05. The van der Waals surface area contributed by atoms with Gasteiger partial charge in [0.1, 0.15) is 18.0 Å². The third kappa shape index (κ3) is 3.04. The molecule has 3 rings (SSSR count). The molecule has 2 aromatic carbocycles. The van der Waals surface area contributed by atoms with E-state index in [9.17, 15) is 4.79 Å². The van der Waals surface area contributed by atoms with E-state index in [0.717, 1.165) is 17.7 Å². The molecule has 0 spiro atoms. The Hall–Kier alpha value is -3.00. The molecule has 122 valence electrons. The number of hydrogen-bond donors (Lipinski definition) is 1. The van der Waals surface area contributed by atoms with Crippen molar-refractivity contribution in [2.75, 3.05) is 18.5 Å². The lowest BCUT2D eigenvalue weighted by Gasteiger charge is -2.38. The maximum atomic E-state index is 12.8. The Labute approximate surface area is 141 Å². The van der Waals surface area contributed by atoms with E-state index in [4.69, 9.17) is 10.00 Å². The van der Waals surface area contributed by atoms with Crippen LogP contribution in [0.4, 0.5) is 5.69 Å². The first-order chi connectivity index (χ1) is 11.7. The van der Waals surface area contributed by atoms with Crippen LogP contribution in [-0.2, 0) is 0 Å². The van der Waals surface area contributed by atoms with Gasteiger partial charge in [-0.15, -0.1) is 0 Å². The van der Waals surface area contributed by atoms with Crippen molar-refractivity contribution < 1.29 is 9.53 Å². The van der Waals surface area contributed by atoms with Crippen LogP contribution in [-0.4, -0.2) is 24.0 Å². The normalized spacial score (nSPS) is 16.1. The molecule has 1 aliphatic rings. The van der Waals surface area contributed by atoms with Gasteiger partial charge in [-0.25, -0.2) is 0 Å². The molecule has 0 saturated heterocycles. The van der Waals surface area contributed by atoms with Gasteiger partial charge in [-0.1, -0.05) is 31.2 Å². The molecule has 1 amide bonds. The van der Waals surface area contributed by atoms with Gasteiger partial charge in [-0.3, -0.25) is 4.79 Å². The van der Waals surface area contributed by atoms with Crippen LogP contribution in [0.15, 0.2) is 48.5 Å². The summed E-state index contributed by atoms with van der Waals surface area (Å²) in [6.07, 6.45) is 0.674. The Balaban J connectivity index is 1.90. The number of ether oxygens (including phenoxy) is 1. The van der Waals surface area contributed by atoms with Gasteiger partial charge < -0.3 is 15.0 Å². The number of carbonyl (C=O) groups excluding carboxylic acids is 1. The fourth-order valence-corrected chi connectivity index (χ4v) is 2.89. The lowest BCUT2D eigenvalue weighted by Crippen LogP contribution is -2.43. The highest BCUT2D eigenvalue weighted by Crippen LogP contribution is 2.33. The van der Waals surface area contributed by atoms with Gasteiger partial charge >= 0.3 is 0 Å².